The van der Waals surface area contributed by atoms with Gasteiger partial charge in [-0.1, -0.05) is 153 Å². The topological polar surface area (TPSA) is 146 Å². The molecule has 2 saturated carbocycles. The quantitative estimate of drug-likeness (QED) is 0.0903. The van der Waals surface area contributed by atoms with Crippen LogP contribution < -0.4 is 5.32 Å². The lowest BCUT2D eigenvalue weighted by Gasteiger charge is -2.29. The minimum absolute atomic E-state index is 0.0565. The van der Waals surface area contributed by atoms with E-state index in [9.17, 15) is 13.2 Å². The Labute approximate surface area is 451 Å². The first-order chi connectivity index (χ1) is 37.5. The van der Waals surface area contributed by atoms with Crippen LogP contribution in [0.15, 0.2) is 194 Å². The van der Waals surface area contributed by atoms with E-state index in [1.165, 1.54) is 46.8 Å². The van der Waals surface area contributed by atoms with E-state index >= 15 is 0 Å². The third kappa shape index (κ3) is 11.5. The minimum Gasteiger partial charge on any atom is -0.362 e. The zero-order valence-electron chi connectivity index (χ0n) is 43.9. The lowest BCUT2D eigenvalue weighted by Crippen LogP contribution is -2.33. The largest absolute Gasteiger partial charge is 0.362 e. The number of aryl methyl sites for hydroxylation is 1. The number of nitrogens with zero attached hydrogens (tertiary/aromatic N) is 8. The number of aromatic amines is 1. The Morgan fingerprint density at radius 1 is 0.636 bits per heavy atom. The Morgan fingerprint density at radius 2 is 1.19 bits per heavy atom. The van der Waals surface area contributed by atoms with Gasteiger partial charge in [0.2, 0.25) is 0 Å². The highest BCUT2D eigenvalue weighted by Gasteiger charge is 2.39. The second-order valence-electron chi connectivity index (χ2n) is 21.2. The van der Waals surface area contributed by atoms with Gasteiger partial charge in [-0.2, -0.15) is 0 Å². The molecule has 2 aliphatic rings. The van der Waals surface area contributed by atoms with E-state index in [1.807, 2.05) is 31.5 Å². The molecule has 5 aromatic heterocycles. The number of nitrogens with one attached hydrogen (secondary N) is 2. The van der Waals surface area contributed by atoms with Gasteiger partial charge < -0.3 is 10.3 Å². The number of fused-ring (bicyclic) bond motifs is 4. The van der Waals surface area contributed by atoms with Crippen LogP contribution in [0.3, 0.4) is 0 Å². The van der Waals surface area contributed by atoms with Gasteiger partial charge in [0.15, 0.2) is 22.7 Å². The summed E-state index contributed by atoms with van der Waals surface area (Å²) in [5, 5.41) is 3.15. The number of Topliss-reactive ketones (excluding diaryl/α,β-unsaturated/α-hetero) is 1. The summed E-state index contributed by atoms with van der Waals surface area (Å²) in [5.74, 6) is 1.86. The van der Waals surface area contributed by atoms with E-state index in [0.717, 1.165) is 71.8 Å². The van der Waals surface area contributed by atoms with Crippen molar-refractivity contribution in [2.75, 3.05) is 11.9 Å². The Hall–Kier alpha value is -7.78. The van der Waals surface area contributed by atoms with Gasteiger partial charge in [0.25, 0.3) is 10.0 Å². The molecule has 0 spiro atoms. The van der Waals surface area contributed by atoms with E-state index in [2.05, 4.69) is 175 Å². The second kappa shape index (κ2) is 22.8. The molecule has 6 atom stereocenters. The van der Waals surface area contributed by atoms with Crippen molar-refractivity contribution in [2.45, 2.75) is 95.5 Å². The van der Waals surface area contributed by atoms with Gasteiger partial charge in [0.05, 0.1) is 29.4 Å². The SMILES string of the molecule is C[C@@H]1C[C@H](N(Cc2ccccc2)Cc2ccccc2)C[C@@H]1c1cnc2cnc3[nH]ccc3n12.Cc1ccc(S(=O)(=O)n2ccc3nc(NCC(=O)[C@H]4C[C@@H](N(Cc5ccccc5)Cc5ccccc5)C[C@H]4C)cnc32)cc1. The van der Waals surface area contributed by atoms with E-state index in [0.29, 0.717) is 35.3 Å². The molecule has 5 aromatic carbocycles. The van der Waals surface area contributed by atoms with Crippen molar-refractivity contribution in [3.8, 4) is 0 Å². The summed E-state index contributed by atoms with van der Waals surface area (Å²) in [7, 11) is -3.81. The van der Waals surface area contributed by atoms with Crippen LogP contribution in [-0.4, -0.2) is 75.9 Å². The fourth-order valence-electron chi connectivity index (χ4n) is 11.8. The molecule has 0 amide bonds. The summed E-state index contributed by atoms with van der Waals surface area (Å²) in [5.41, 5.74) is 11.2. The fraction of sp³-hybridized carbons (Fsp3) is 0.286. The first-order valence-corrected chi connectivity index (χ1v) is 28.3. The summed E-state index contributed by atoms with van der Waals surface area (Å²) >= 11 is 0. The Bertz CT molecular complexity index is 3600. The molecule has 2 fully saturated rings. The van der Waals surface area contributed by atoms with Gasteiger partial charge in [-0.15, -0.1) is 0 Å². The summed E-state index contributed by atoms with van der Waals surface area (Å²) in [6.07, 6.45) is 13.0. The molecule has 0 aliphatic heterocycles. The number of carbonyl (C=O) groups is 1. The molecule has 10 aromatic rings. The van der Waals surface area contributed by atoms with Gasteiger partial charge in [0.1, 0.15) is 11.3 Å². The third-order valence-electron chi connectivity index (χ3n) is 15.9. The van der Waals surface area contributed by atoms with Crippen molar-refractivity contribution in [1.82, 2.24) is 43.1 Å². The number of aromatic nitrogens is 7. The van der Waals surface area contributed by atoms with Crippen LogP contribution in [0.4, 0.5) is 5.82 Å². The van der Waals surface area contributed by atoms with Crippen molar-refractivity contribution < 1.29 is 13.2 Å². The number of hydrogen-bond donors (Lipinski definition) is 2. The minimum atomic E-state index is -3.81. The molecule has 2 N–H and O–H groups in total. The Morgan fingerprint density at radius 3 is 1.78 bits per heavy atom. The van der Waals surface area contributed by atoms with Crippen LogP contribution in [0, 0.1) is 24.7 Å². The monoisotopic (exact) mass is 1040 g/mol. The molecule has 0 radical (unpaired) electrons. The number of carbonyl (C=O) groups excluding carboxylic acids is 1. The van der Waals surface area contributed by atoms with Crippen molar-refractivity contribution in [2.24, 2.45) is 17.8 Å². The lowest BCUT2D eigenvalue weighted by atomic mass is 9.93. The summed E-state index contributed by atoms with van der Waals surface area (Å²) in [6.45, 7) is 10.2. The molecular formula is C63H66N10O3S. The van der Waals surface area contributed by atoms with E-state index in [1.54, 1.807) is 30.3 Å². The molecule has 14 heteroatoms. The Kier molecular flexibility index (Phi) is 15.2. The molecule has 77 heavy (non-hydrogen) atoms. The van der Waals surface area contributed by atoms with Crippen molar-refractivity contribution in [1.29, 1.82) is 0 Å². The molecule has 0 unspecified atom stereocenters. The van der Waals surface area contributed by atoms with Crippen molar-refractivity contribution in [3.63, 3.8) is 0 Å². The predicted molar refractivity (Wildman–Crippen MR) is 304 cm³/mol. The van der Waals surface area contributed by atoms with Crippen LogP contribution in [0.5, 0.6) is 0 Å². The van der Waals surface area contributed by atoms with E-state index < -0.39 is 10.0 Å². The summed E-state index contributed by atoms with van der Waals surface area (Å²) in [6, 6.07) is 54.0. The van der Waals surface area contributed by atoms with Gasteiger partial charge in [-0.25, -0.2) is 32.3 Å². The zero-order valence-corrected chi connectivity index (χ0v) is 44.8. The molecular weight excluding hydrogens is 977 g/mol. The van der Waals surface area contributed by atoms with Gasteiger partial charge in [-0.3, -0.25) is 19.0 Å². The first-order valence-electron chi connectivity index (χ1n) is 26.9. The number of H-pyrrole nitrogens is 1. The highest BCUT2D eigenvalue weighted by molar-refractivity contribution is 7.90. The predicted octanol–water partition coefficient (Wildman–Crippen LogP) is 11.9. The molecule has 12 rings (SSSR count). The Balaban J connectivity index is 0.000000170. The van der Waals surface area contributed by atoms with Crippen LogP contribution in [0.1, 0.15) is 79.0 Å². The standard InChI is InChI=1S/C35H37N5O3S.C28H29N5/c1-25-13-15-30(16-14-25)44(42,43)40-18-17-32-35(40)37-22-34(38-32)36-21-33(41)31-20-29(19-26(31)2)39(23-27-9-5-3-6-10-27)24-28-11-7-4-8-12-28;1-20-14-23(32(18-21-8-4-2-5-9-21)19-22-10-6-3-7-11-22)15-24(20)26-16-30-27-17-31-28-25(33(26)27)12-13-29-28/h3-18,22,26,29,31H,19-21,23-24H2,1-2H3,(H,36,38);2-13,16-17,20,23-24,29H,14-15,18-19H2,1H3/t26-,29+,31+;20-,23+,24+/m11/s1. The number of rotatable bonds is 17. The van der Waals surface area contributed by atoms with Crippen LogP contribution in [-0.2, 0) is 41.0 Å². The number of ketones is 1. The highest BCUT2D eigenvalue weighted by atomic mass is 32.2. The van der Waals surface area contributed by atoms with Crippen LogP contribution >= 0.6 is 0 Å². The molecule has 0 saturated heterocycles. The number of hydrogen-bond acceptors (Lipinski definition) is 10. The molecule has 0 bridgehead atoms. The van der Waals surface area contributed by atoms with Crippen molar-refractivity contribution in [3.05, 3.63) is 222 Å². The zero-order chi connectivity index (χ0) is 52.9. The lowest BCUT2D eigenvalue weighted by molar-refractivity contribution is -0.122. The maximum Gasteiger partial charge on any atom is 0.269 e. The number of imidazole rings is 1. The third-order valence-corrected chi connectivity index (χ3v) is 17.6. The maximum atomic E-state index is 13.5. The highest BCUT2D eigenvalue weighted by Crippen LogP contribution is 2.43. The normalized spacial score (nSPS) is 19.5. The van der Waals surface area contributed by atoms with Gasteiger partial charge in [-0.05, 0) is 91.0 Å². The average molecular weight is 1040 g/mol. The molecule has 13 nitrogen and oxygen atoms in total. The van der Waals surface area contributed by atoms with E-state index in [4.69, 9.17) is 4.98 Å². The second-order valence-corrected chi connectivity index (χ2v) is 23.0. The van der Waals surface area contributed by atoms with Crippen LogP contribution in [0.25, 0.3) is 28.0 Å². The number of anilines is 1. The number of benzene rings is 5. The maximum absolute atomic E-state index is 13.5. The van der Waals surface area contributed by atoms with Crippen molar-refractivity contribution >= 4 is 49.6 Å². The van der Waals surface area contributed by atoms with E-state index in [-0.39, 0.29) is 34.7 Å². The fourth-order valence-corrected chi connectivity index (χ4v) is 13.1. The summed E-state index contributed by atoms with van der Waals surface area (Å²) in [4.78, 5) is 40.3. The van der Waals surface area contributed by atoms with Crippen LogP contribution in [0.2, 0.25) is 0 Å². The smallest absolute Gasteiger partial charge is 0.269 e. The molecule has 2 aliphatic carbocycles. The van der Waals surface area contributed by atoms with Gasteiger partial charge >= 0.3 is 0 Å². The molecule has 5 heterocycles. The molecule has 392 valence electrons. The summed E-state index contributed by atoms with van der Waals surface area (Å²) < 4.78 is 29.9. The van der Waals surface area contributed by atoms with Gasteiger partial charge in [0, 0.05) is 74.4 Å². The average Bonchev–Trinajstić information content (AvgIpc) is 4.40. The first kappa shape index (κ1) is 51.3.